The molecular weight excluding hydrogens is 318 g/mol. The molecule has 1 amide bonds. The molecule has 6 nitrogen and oxygen atoms in total. The predicted molar refractivity (Wildman–Crippen MR) is 96.2 cm³/mol. The highest BCUT2D eigenvalue weighted by molar-refractivity contribution is 5.94. The summed E-state index contributed by atoms with van der Waals surface area (Å²) in [6, 6.07) is 7.53. The molecule has 0 saturated carbocycles. The number of amides is 1. The number of carbonyl (C=O) groups excluding carboxylic acids is 1. The fourth-order valence-corrected chi connectivity index (χ4v) is 2.62. The van der Waals surface area contributed by atoms with Crippen molar-refractivity contribution in [2.45, 2.75) is 26.3 Å². The molecule has 1 aromatic heterocycles. The van der Waals surface area contributed by atoms with E-state index >= 15 is 0 Å². The molecule has 2 aromatic rings. The molecule has 1 aromatic carbocycles. The number of nitrogens with one attached hydrogen (secondary N) is 1. The third-order valence-corrected chi connectivity index (χ3v) is 4.16. The van der Waals surface area contributed by atoms with Gasteiger partial charge in [-0.05, 0) is 30.2 Å². The first-order valence-corrected chi connectivity index (χ1v) is 8.50. The number of benzene rings is 1. The standard InChI is InChI=1S/C19H23N3O3/c1-3-4-7-22(2)16-9-15(11-20-12-16)19(23)21-10-14-5-6-17-18(8-14)25-13-24-17/h5-6,8-9,11-12H,3-4,7,10,13H2,1-2H3,(H,21,23). The summed E-state index contributed by atoms with van der Waals surface area (Å²) in [6.07, 6.45) is 5.61. The summed E-state index contributed by atoms with van der Waals surface area (Å²) < 4.78 is 10.6. The van der Waals surface area contributed by atoms with E-state index in [9.17, 15) is 4.79 Å². The zero-order valence-electron chi connectivity index (χ0n) is 14.6. The van der Waals surface area contributed by atoms with E-state index in [1.54, 1.807) is 12.4 Å². The number of carbonyl (C=O) groups is 1. The van der Waals surface area contributed by atoms with Crippen LogP contribution in [0.1, 0.15) is 35.7 Å². The monoisotopic (exact) mass is 341 g/mol. The average molecular weight is 341 g/mol. The van der Waals surface area contributed by atoms with Gasteiger partial charge in [-0.2, -0.15) is 0 Å². The molecule has 1 aliphatic heterocycles. The number of anilines is 1. The first kappa shape index (κ1) is 17.1. The predicted octanol–water partition coefficient (Wildman–Crippen LogP) is 2.98. The SMILES string of the molecule is CCCCN(C)c1cncc(C(=O)NCc2ccc3c(c2)OCO3)c1. The van der Waals surface area contributed by atoms with Gasteiger partial charge in [0.1, 0.15) is 0 Å². The molecule has 0 radical (unpaired) electrons. The second-order valence-electron chi connectivity index (χ2n) is 6.08. The van der Waals surface area contributed by atoms with Gasteiger partial charge in [-0.1, -0.05) is 19.4 Å². The van der Waals surface area contributed by atoms with Crippen LogP contribution in [-0.2, 0) is 6.54 Å². The molecule has 0 unspecified atom stereocenters. The van der Waals surface area contributed by atoms with Crippen LogP contribution in [0.25, 0.3) is 0 Å². The zero-order chi connectivity index (χ0) is 17.6. The molecule has 1 N–H and O–H groups in total. The van der Waals surface area contributed by atoms with E-state index in [2.05, 4.69) is 22.1 Å². The molecule has 0 spiro atoms. The van der Waals surface area contributed by atoms with Gasteiger partial charge in [0.2, 0.25) is 6.79 Å². The van der Waals surface area contributed by atoms with Crippen molar-refractivity contribution in [2.75, 3.05) is 25.3 Å². The maximum atomic E-state index is 12.4. The Morgan fingerprint density at radius 2 is 2.08 bits per heavy atom. The lowest BCUT2D eigenvalue weighted by Crippen LogP contribution is -2.24. The Labute approximate surface area is 147 Å². The molecule has 25 heavy (non-hydrogen) atoms. The Morgan fingerprint density at radius 3 is 2.92 bits per heavy atom. The molecule has 1 aliphatic rings. The summed E-state index contributed by atoms with van der Waals surface area (Å²) in [5.41, 5.74) is 2.47. The number of ether oxygens (including phenoxy) is 2. The Hall–Kier alpha value is -2.76. The van der Waals surface area contributed by atoms with Crippen LogP contribution in [0.15, 0.2) is 36.7 Å². The minimum Gasteiger partial charge on any atom is -0.454 e. The molecule has 6 heteroatoms. The van der Waals surface area contributed by atoms with Crippen LogP contribution in [0.5, 0.6) is 11.5 Å². The summed E-state index contributed by atoms with van der Waals surface area (Å²) in [4.78, 5) is 18.7. The molecule has 0 bridgehead atoms. The minimum absolute atomic E-state index is 0.143. The quantitative estimate of drug-likeness (QED) is 0.839. The number of hydrogen-bond donors (Lipinski definition) is 1. The number of nitrogens with zero attached hydrogens (tertiary/aromatic N) is 2. The topological polar surface area (TPSA) is 63.7 Å². The number of pyridine rings is 1. The van der Waals surface area contributed by atoms with Crippen molar-refractivity contribution < 1.29 is 14.3 Å². The van der Waals surface area contributed by atoms with Crippen LogP contribution in [0.4, 0.5) is 5.69 Å². The number of hydrogen-bond acceptors (Lipinski definition) is 5. The average Bonchev–Trinajstić information content (AvgIpc) is 3.12. The van der Waals surface area contributed by atoms with Gasteiger partial charge in [0, 0.05) is 26.3 Å². The van der Waals surface area contributed by atoms with Crippen molar-refractivity contribution in [2.24, 2.45) is 0 Å². The lowest BCUT2D eigenvalue weighted by Gasteiger charge is -2.19. The molecular formula is C19H23N3O3. The van der Waals surface area contributed by atoms with Gasteiger partial charge in [0.05, 0.1) is 17.4 Å². The highest BCUT2D eigenvalue weighted by atomic mass is 16.7. The van der Waals surface area contributed by atoms with Crippen LogP contribution in [-0.4, -0.2) is 31.3 Å². The van der Waals surface area contributed by atoms with Crippen molar-refractivity contribution in [1.29, 1.82) is 0 Å². The molecule has 0 atom stereocenters. The molecule has 3 rings (SSSR count). The van der Waals surface area contributed by atoms with Crippen LogP contribution in [0.3, 0.4) is 0 Å². The fourth-order valence-electron chi connectivity index (χ4n) is 2.62. The Morgan fingerprint density at radius 1 is 1.24 bits per heavy atom. The second kappa shape index (κ2) is 7.88. The Bertz CT molecular complexity index is 748. The van der Waals surface area contributed by atoms with E-state index in [4.69, 9.17) is 9.47 Å². The van der Waals surface area contributed by atoms with Crippen molar-refractivity contribution in [3.8, 4) is 11.5 Å². The summed E-state index contributed by atoms with van der Waals surface area (Å²) in [5, 5.41) is 2.92. The van der Waals surface area contributed by atoms with Gasteiger partial charge in [-0.25, -0.2) is 0 Å². The van der Waals surface area contributed by atoms with E-state index < -0.39 is 0 Å². The highest BCUT2D eigenvalue weighted by Gasteiger charge is 2.14. The van der Waals surface area contributed by atoms with Crippen molar-refractivity contribution >= 4 is 11.6 Å². The smallest absolute Gasteiger partial charge is 0.253 e. The zero-order valence-corrected chi connectivity index (χ0v) is 14.6. The van der Waals surface area contributed by atoms with Crippen molar-refractivity contribution in [3.05, 3.63) is 47.8 Å². The molecule has 0 fully saturated rings. The summed E-state index contributed by atoms with van der Waals surface area (Å²) in [6.45, 7) is 3.77. The normalized spacial score (nSPS) is 12.1. The molecule has 2 heterocycles. The van der Waals surface area contributed by atoms with Crippen LogP contribution < -0.4 is 19.7 Å². The molecule has 0 saturated heterocycles. The van der Waals surface area contributed by atoms with Crippen molar-refractivity contribution in [1.82, 2.24) is 10.3 Å². The number of fused-ring (bicyclic) bond motifs is 1. The van der Waals surface area contributed by atoms with Crippen LogP contribution in [0, 0.1) is 0 Å². The summed E-state index contributed by atoms with van der Waals surface area (Å²) >= 11 is 0. The molecule has 132 valence electrons. The first-order valence-electron chi connectivity index (χ1n) is 8.50. The van der Waals surface area contributed by atoms with E-state index in [0.29, 0.717) is 17.9 Å². The number of aromatic nitrogens is 1. The lowest BCUT2D eigenvalue weighted by atomic mass is 10.2. The summed E-state index contributed by atoms with van der Waals surface area (Å²) in [7, 11) is 2.01. The third-order valence-electron chi connectivity index (χ3n) is 4.16. The van der Waals surface area contributed by atoms with E-state index in [-0.39, 0.29) is 12.7 Å². The molecule has 0 aliphatic carbocycles. The van der Waals surface area contributed by atoms with E-state index in [1.165, 1.54) is 0 Å². The van der Waals surface area contributed by atoms with Crippen LogP contribution in [0.2, 0.25) is 0 Å². The fraction of sp³-hybridized carbons (Fsp3) is 0.368. The van der Waals surface area contributed by atoms with Gasteiger partial charge in [-0.15, -0.1) is 0 Å². The summed E-state index contributed by atoms with van der Waals surface area (Å²) in [5.74, 6) is 1.31. The largest absolute Gasteiger partial charge is 0.454 e. The van der Waals surface area contributed by atoms with Crippen molar-refractivity contribution in [3.63, 3.8) is 0 Å². The first-order chi connectivity index (χ1) is 12.2. The maximum absolute atomic E-state index is 12.4. The van der Waals surface area contributed by atoms with E-state index in [1.807, 2.05) is 31.3 Å². The third kappa shape index (κ3) is 4.21. The van der Waals surface area contributed by atoms with Gasteiger partial charge in [0.15, 0.2) is 11.5 Å². The minimum atomic E-state index is -0.143. The van der Waals surface area contributed by atoms with Gasteiger partial charge in [-0.3, -0.25) is 9.78 Å². The van der Waals surface area contributed by atoms with Gasteiger partial charge in [0.25, 0.3) is 5.91 Å². The Balaban J connectivity index is 1.61. The Kier molecular flexibility index (Phi) is 5.38. The van der Waals surface area contributed by atoms with Gasteiger partial charge < -0.3 is 19.7 Å². The lowest BCUT2D eigenvalue weighted by molar-refractivity contribution is 0.0950. The second-order valence-corrected chi connectivity index (χ2v) is 6.08. The van der Waals surface area contributed by atoms with Gasteiger partial charge >= 0.3 is 0 Å². The van der Waals surface area contributed by atoms with Crippen LogP contribution >= 0.6 is 0 Å². The van der Waals surface area contributed by atoms with E-state index in [0.717, 1.165) is 36.4 Å². The number of rotatable bonds is 7. The number of unbranched alkanes of at least 4 members (excludes halogenated alkanes) is 1. The highest BCUT2D eigenvalue weighted by Crippen LogP contribution is 2.32. The maximum Gasteiger partial charge on any atom is 0.253 e.